The van der Waals surface area contributed by atoms with E-state index in [-0.39, 0.29) is 42.6 Å². The number of urea groups is 1. The Labute approximate surface area is 190 Å². The number of thiophene rings is 1. The molecule has 140 valence electrons. The molecule has 0 saturated carbocycles. The number of anilines is 2. The Balaban J connectivity index is 0.00000150. The molecule has 1 aliphatic rings. The predicted octanol–water partition coefficient (Wildman–Crippen LogP) is 1.07. The smallest absolute Gasteiger partial charge is 1.00 e. The van der Waals surface area contributed by atoms with Crippen LogP contribution in [0.25, 0.3) is 10.1 Å². The molecule has 8 heteroatoms. The number of nitrogens with one attached hydrogen (secondary N) is 1. The number of para-hydroxylation sites is 1. The number of fused-ring (bicyclic) bond motifs is 1. The molecule has 28 heavy (non-hydrogen) atoms. The van der Waals surface area contributed by atoms with Gasteiger partial charge in [0.25, 0.3) is 0 Å². The number of nitrogens with zero attached hydrogens (tertiary/aromatic N) is 2. The summed E-state index contributed by atoms with van der Waals surface area (Å²) < 4.78 is 1.26. The number of carboxylic acids is 1. The van der Waals surface area contributed by atoms with Crippen molar-refractivity contribution in [3.05, 3.63) is 59.5 Å². The van der Waals surface area contributed by atoms with E-state index < -0.39 is 5.97 Å². The van der Waals surface area contributed by atoms with E-state index >= 15 is 0 Å². The van der Waals surface area contributed by atoms with Crippen LogP contribution in [0.15, 0.2) is 53.9 Å². The molecular weight excluding hydrogens is 385 g/mol. The second-order valence-electron chi connectivity index (χ2n) is 6.37. The van der Waals surface area contributed by atoms with Crippen LogP contribution in [-0.4, -0.2) is 48.2 Å². The van der Waals surface area contributed by atoms with E-state index in [4.69, 9.17) is 0 Å². The van der Waals surface area contributed by atoms with E-state index in [0.29, 0.717) is 18.8 Å². The number of amides is 2. The SMILES string of the molecule is O=C(O)c1ccccc1NC(=O)N1CCN(c2csc3ccccc23)CC1.[H-].[Na+]. The Morgan fingerprint density at radius 2 is 1.68 bits per heavy atom. The average Bonchev–Trinajstić information content (AvgIpc) is 3.12. The van der Waals surface area contributed by atoms with Gasteiger partial charge in [-0.25, -0.2) is 9.59 Å². The second-order valence-corrected chi connectivity index (χ2v) is 7.28. The zero-order valence-electron chi connectivity index (χ0n) is 16.6. The summed E-state index contributed by atoms with van der Waals surface area (Å²) in [5.74, 6) is -1.06. The summed E-state index contributed by atoms with van der Waals surface area (Å²) in [5.41, 5.74) is 1.63. The van der Waals surface area contributed by atoms with Gasteiger partial charge in [-0.05, 0) is 18.2 Å². The van der Waals surface area contributed by atoms with E-state index in [9.17, 15) is 14.7 Å². The van der Waals surface area contributed by atoms with Gasteiger partial charge in [0.05, 0.1) is 16.9 Å². The van der Waals surface area contributed by atoms with Crippen molar-refractivity contribution in [2.45, 2.75) is 0 Å². The van der Waals surface area contributed by atoms with Gasteiger partial charge in [-0.2, -0.15) is 0 Å². The predicted molar refractivity (Wildman–Crippen MR) is 109 cm³/mol. The van der Waals surface area contributed by atoms with E-state index in [1.807, 2.05) is 12.1 Å². The van der Waals surface area contributed by atoms with Gasteiger partial charge in [-0.15, -0.1) is 11.3 Å². The quantitative estimate of drug-likeness (QED) is 0.640. The van der Waals surface area contributed by atoms with Crippen LogP contribution in [0.5, 0.6) is 0 Å². The Bertz CT molecular complexity index is 1010. The maximum atomic E-state index is 12.6. The van der Waals surface area contributed by atoms with Crippen LogP contribution < -0.4 is 39.8 Å². The number of piperazine rings is 1. The van der Waals surface area contributed by atoms with Crippen molar-refractivity contribution in [3.8, 4) is 0 Å². The molecule has 1 aromatic heterocycles. The molecular formula is C20H20N3NaO3S. The van der Waals surface area contributed by atoms with Crippen LogP contribution in [0.2, 0.25) is 0 Å². The average molecular weight is 405 g/mol. The van der Waals surface area contributed by atoms with Crippen LogP contribution in [0.1, 0.15) is 11.8 Å². The molecule has 1 fully saturated rings. The molecule has 2 amide bonds. The first-order valence-corrected chi connectivity index (χ1v) is 9.61. The third kappa shape index (κ3) is 4.17. The summed E-state index contributed by atoms with van der Waals surface area (Å²) in [6.07, 6.45) is 0. The van der Waals surface area contributed by atoms with Crippen molar-refractivity contribution >= 4 is 44.8 Å². The van der Waals surface area contributed by atoms with Gasteiger partial charge in [0.1, 0.15) is 0 Å². The molecule has 2 heterocycles. The summed E-state index contributed by atoms with van der Waals surface area (Å²) >= 11 is 1.73. The molecule has 0 unspecified atom stereocenters. The number of carboxylic acid groups (broad SMARTS) is 1. The van der Waals surface area contributed by atoms with E-state index in [1.165, 1.54) is 21.8 Å². The van der Waals surface area contributed by atoms with Gasteiger partial charge in [0, 0.05) is 41.6 Å². The van der Waals surface area contributed by atoms with Crippen LogP contribution in [0, 0.1) is 0 Å². The van der Waals surface area contributed by atoms with E-state index in [2.05, 4.69) is 27.7 Å². The van der Waals surface area contributed by atoms with Crippen LogP contribution in [0.3, 0.4) is 0 Å². The molecule has 3 aromatic rings. The van der Waals surface area contributed by atoms with Crippen LogP contribution >= 0.6 is 11.3 Å². The Hall–Kier alpha value is -2.06. The van der Waals surface area contributed by atoms with Crippen molar-refractivity contribution in [2.24, 2.45) is 0 Å². The van der Waals surface area contributed by atoms with Crippen molar-refractivity contribution in [3.63, 3.8) is 0 Å². The van der Waals surface area contributed by atoms with Gasteiger partial charge in [0.15, 0.2) is 0 Å². The van der Waals surface area contributed by atoms with Crippen molar-refractivity contribution in [2.75, 3.05) is 36.4 Å². The molecule has 2 aromatic carbocycles. The number of hydrogen-bond donors (Lipinski definition) is 2. The first-order chi connectivity index (χ1) is 13.1. The first-order valence-electron chi connectivity index (χ1n) is 8.73. The number of benzene rings is 2. The molecule has 0 aliphatic carbocycles. The van der Waals surface area contributed by atoms with Crippen LogP contribution in [-0.2, 0) is 0 Å². The Morgan fingerprint density at radius 1 is 1.00 bits per heavy atom. The van der Waals surface area contributed by atoms with Gasteiger partial charge < -0.3 is 21.6 Å². The van der Waals surface area contributed by atoms with Crippen molar-refractivity contribution in [1.29, 1.82) is 0 Å². The topological polar surface area (TPSA) is 72.9 Å². The second kappa shape index (κ2) is 8.96. The summed E-state index contributed by atoms with van der Waals surface area (Å²) in [6, 6.07) is 14.5. The first kappa shape index (κ1) is 20.7. The molecule has 4 rings (SSSR count). The molecule has 6 nitrogen and oxygen atoms in total. The summed E-state index contributed by atoms with van der Waals surface area (Å²) in [7, 11) is 0. The molecule has 1 aliphatic heterocycles. The molecule has 0 bridgehead atoms. The zero-order chi connectivity index (χ0) is 18.8. The minimum Gasteiger partial charge on any atom is -1.00 e. The Morgan fingerprint density at radius 3 is 2.43 bits per heavy atom. The van der Waals surface area contributed by atoms with Gasteiger partial charge >= 0.3 is 41.6 Å². The summed E-state index contributed by atoms with van der Waals surface area (Å²) in [6.45, 7) is 2.67. The number of hydrogen-bond acceptors (Lipinski definition) is 4. The standard InChI is InChI=1S/C20H19N3O3S.Na.H/c24-19(25)14-5-1-3-7-16(14)21-20(26)23-11-9-22(10-12-23)17-13-27-18-8-4-2-6-15(17)18;;/h1-8,13H,9-12H2,(H,21,26)(H,24,25);;/q;+1;-1. The number of carbonyl (C=O) groups excluding carboxylic acids is 1. The fourth-order valence-electron chi connectivity index (χ4n) is 3.33. The zero-order valence-corrected chi connectivity index (χ0v) is 18.4. The minimum absolute atomic E-state index is 0. The maximum Gasteiger partial charge on any atom is 1.00 e. The fourth-order valence-corrected chi connectivity index (χ4v) is 4.30. The van der Waals surface area contributed by atoms with Crippen molar-refractivity contribution < 1.29 is 45.7 Å². The summed E-state index contributed by atoms with van der Waals surface area (Å²) in [4.78, 5) is 27.9. The third-order valence-corrected chi connectivity index (χ3v) is 5.72. The van der Waals surface area contributed by atoms with E-state index in [0.717, 1.165) is 13.1 Å². The van der Waals surface area contributed by atoms with Crippen molar-refractivity contribution in [1.82, 2.24) is 4.90 Å². The minimum atomic E-state index is -1.06. The maximum absolute atomic E-state index is 12.6. The van der Waals surface area contributed by atoms with Gasteiger partial charge in [-0.1, -0.05) is 30.3 Å². The van der Waals surface area contributed by atoms with Crippen LogP contribution in [0.4, 0.5) is 16.2 Å². The Kier molecular flexibility index (Phi) is 6.61. The molecule has 0 spiro atoms. The molecule has 0 atom stereocenters. The van der Waals surface area contributed by atoms with E-state index in [1.54, 1.807) is 34.4 Å². The third-order valence-electron chi connectivity index (χ3n) is 4.77. The monoisotopic (exact) mass is 405 g/mol. The molecule has 2 N–H and O–H groups in total. The van der Waals surface area contributed by atoms with Gasteiger partial charge in [-0.3, -0.25) is 0 Å². The molecule has 0 radical (unpaired) electrons. The number of rotatable bonds is 3. The molecule has 1 saturated heterocycles. The number of aromatic carboxylic acids is 1. The largest absolute Gasteiger partial charge is 1.00 e. The summed E-state index contributed by atoms with van der Waals surface area (Å²) in [5, 5.41) is 15.4. The fraction of sp³-hybridized carbons (Fsp3) is 0.200. The van der Waals surface area contributed by atoms with Gasteiger partial charge in [0.2, 0.25) is 0 Å². The normalized spacial score (nSPS) is 13.9. The number of carbonyl (C=O) groups is 2.